The summed E-state index contributed by atoms with van der Waals surface area (Å²) in [6.07, 6.45) is 1.65. The molecule has 0 unspecified atom stereocenters. The summed E-state index contributed by atoms with van der Waals surface area (Å²) in [6, 6.07) is 21.8. The van der Waals surface area contributed by atoms with Crippen LogP contribution in [0.2, 0.25) is 0 Å². The van der Waals surface area contributed by atoms with E-state index in [9.17, 15) is 4.79 Å². The molecule has 0 bridgehead atoms. The predicted molar refractivity (Wildman–Crippen MR) is 138 cm³/mol. The van der Waals surface area contributed by atoms with Gasteiger partial charge in [-0.3, -0.25) is 4.79 Å². The number of amides is 1. The minimum atomic E-state index is -0.170. The second-order valence-corrected chi connectivity index (χ2v) is 8.62. The Morgan fingerprint density at radius 1 is 1.06 bits per heavy atom. The smallest absolute Gasteiger partial charge is 0.250 e. The zero-order valence-electron chi connectivity index (χ0n) is 18.9. The third-order valence-corrected chi connectivity index (χ3v) is 6.21. The van der Waals surface area contributed by atoms with Crippen molar-refractivity contribution >= 4 is 51.4 Å². The van der Waals surface area contributed by atoms with Gasteiger partial charge in [0.15, 0.2) is 0 Å². The number of hydrazone groups is 1. The van der Waals surface area contributed by atoms with Gasteiger partial charge in [0.1, 0.15) is 5.75 Å². The molecule has 0 saturated carbocycles. The number of benzene rings is 3. The number of hydrogen-bond donors (Lipinski definition) is 1. The maximum atomic E-state index is 12.5. The number of rotatable bonds is 8. The van der Waals surface area contributed by atoms with Crippen LogP contribution in [0.3, 0.4) is 0 Å². The highest BCUT2D eigenvalue weighted by atomic mass is 32.2. The topological polar surface area (TPSA) is 66.8 Å². The molecule has 0 fully saturated rings. The molecule has 3 aromatic carbocycles. The van der Waals surface area contributed by atoms with Crippen LogP contribution >= 0.6 is 11.8 Å². The van der Waals surface area contributed by atoms with Crippen molar-refractivity contribution in [1.29, 1.82) is 0 Å². The highest BCUT2D eigenvalue weighted by Crippen LogP contribution is 2.35. The lowest BCUT2D eigenvalue weighted by molar-refractivity contribution is -0.118. The molecule has 33 heavy (non-hydrogen) atoms. The molecule has 1 N–H and O–H groups in total. The molecule has 7 heteroatoms. The summed E-state index contributed by atoms with van der Waals surface area (Å²) in [4.78, 5) is 20.3. The maximum Gasteiger partial charge on any atom is 0.250 e. The van der Waals surface area contributed by atoms with E-state index in [1.165, 1.54) is 11.8 Å². The van der Waals surface area contributed by atoms with Crippen LogP contribution in [0.15, 0.2) is 76.7 Å². The van der Waals surface area contributed by atoms with Crippen molar-refractivity contribution in [3.8, 4) is 5.75 Å². The zero-order valence-corrected chi connectivity index (χ0v) is 19.7. The number of anilines is 1. The van der Waals surface area contributed by atoms with Crippen LogP contribution in [-0.2, 0) is 4.79 Å². The van der Waals surface area contributed by atoms with E-state index in [1.54, 1.807) is 6.21 Å². The summed E-state index contributed by atoms with van der Waals surface area (Å²) < 4.78 is 5.68. The highest BCUT2D eigenvalue weighted by Gasteiger charge is 2.12. The average Bonchev–Trinajstić information content (AvgIpc) is 2.82. The van der Waals surface area contributed by atoms with E-state index in [2.05, 4.69) is 10.5 Å². The van der Waals surface area contributed by atoms with Gasteiger partial charge in [0.05, 0.1) is 29.6 Å². The number of carbonyl (C=O) groups is 1. The van der Waals surface area contributed by atoms with Gasteiger partial charge in [0.25, 0.3) is 0 Å². The molecule has 4 rings (SSSR count). The summed E-state index contributed by atoms with van der Waals surface area (Å²) in [5, 5.41) is 6.10. The van der Waals surface area contributed by atoms with Crippen LogP contribution in [0.5, 0.6) is 5.75 Å². The fourth-order valence-corrected chi connectivity index (χ4v) is 4.44. The van der Waals surface area contributed by atoms with Gasteiger partial charge < -0.3 is 9.64 Å². The lowest BCUT2D eigenvalue weighted by Crippen LogP contribution is -2.19. The van der Waals surface area contributed by atoms with Crippen molar-refractivity contribution in [2.24, 2.45) is 5.10 Å². The Bertz CT molecular complexity index is 1300. The first kappa shape index (κ1) is 22.6. The largest absolute Gasteiger partial charge is 0.494 e. The Morgan fingerprint density at radius 3 is 2.58 bits per heavy atom. The van der Waals surface area contributed by atoms with Gasteiger partial charge in [-0.1, -0.05) is 30.3 Å². The first-order chi connectivity index (χ1) is 16.0. The molecule has 0 spiro atoms. The fraction of sp³-hybridized carbons (Fsp3) is 0.192. The van der Waals surface area contributed by atoms with Gasteiger partial charge in [0, 0.05) is 35.5 Å². The number of nitrogens with one attached hydrogen (secondary N) is 1. The standard InChI is InChI=1S/C26H26N4O2S/c1-4-32-20-13-14-24-22(15-20)26(21-7-5-6-8-23(21)28-24)33-17-25(31)29-27-16-18-9-11-19(12-10-18)30(2)3/h5-16H,4,17H2,1-3H3,(H,29,31)/b27-16+. The summed E-state index contributed by atoms with van der Waals surface area (Å²) in [5.74, 6) is 0.855. The second kappa shape index (κ2) is 10.4. The molecule has 1 heterocycles. The first-order valence-electron chi connectivity index (χ1n) is 10.7. The number of carbonyl (C=O) groups excluding carboxylic acids is 1. The van der Waals surface area contributed by atoms with Crippen LogP contribution in [-0.4, -0.2) is 43.6 Å². The number of para-hydroxylation sites is 1. The SMILES string of the molecule is CCOc1ccc2nc3ccccc3c(SCC(=O)N/N=C/c3ccc(N(C)C)cc3)c2c1. The Hall–Kier alpha value is -3.58. The van der Waals surface area contributed by atoms with Crippen LogP contribution in [0, 0.1) is 0 Å². The van der Waals surface area contributed by atoms with Crippen molar-refractivity contribution in [2.75, 3.05) is 31.4 Å². The normalized spacial score (nSPS) is 11.2. The third kappa shape index (κ3) is 5.43. The Kier molecular flexibility index (Phi) is 7.10. The van der Waals surface area contributed by atoms with E-state index in [1.807, 2.05) is 92.6 Å². The Labute approximate surface area is 197 Å². The van der Waals surface area contributed by atoms with E-state index in [-0.39, 0.29) is 11.7 Å². The number of thioether (sulfide) groups is 1. The van der Waals surface area contributed by atoms with Crippen LogP contribution in [0.4, 0.5) is 5.69 Å². The number of aromatic nitrogens is 1. The molecule has 1 aromatic heterocycles. The Morgan fingerprint density at radius 2 is 1.82 bits per heavy atom. The molecule has 0 aliphatic carbocycles. The van der Waals surface area contributed by atoms with Gasteiger partial charge in [-0.25, -0.2) is 10.4 Å². The van der Waals surface area contributed by atoms with E-state index in [0.29, 0.717) is 6.61 Å². The van der Waals surface area contributed by atoms with Crippen LogP contribution in [0.1, 0.15) is 12.5 Å². The van der Waals surface area contributed by atoms with Crippen molar-refractivity contribution in [2.45, 2.75) is 11.8 Å². The van der Waals surface area contributed by atoms with E-state index >= 15 is 0 Å². The van der Waals surface area contributed by atoms with Crippen molar-refractivity contribution in [3.63, 3.8) is 0 Å². The number of pyridine rings is 1. The molecule has 1 amide bonds. The summed E-state index contributed by atoms with van der Waals surface area (Å²) >= 11 is 1.48. The van der Waals surface area contributed by atoms with Gasteiger partial charge in [-0.2, -0.15) is 5.10 Å². The lowest BCUT2D eigenvalue weighted by atomic mass is 10.1. The fourth-order valence-electron chi connectivity index (χ4n) is 3.45. The molecule has 0 aliphatic rings. The molecule has 6 nitrogen and oxygen atoms in total. The van der Waals surface area contributed by atoms with E-state index in [4.69, 9.17) is 9.72 Å². The van der Waals surface area contributed by atoms with Gasteiger partial charge in [-0.05, 0) is 48.9 Å². The number of fused-ring (bicyclic) bond motifs is 2. The molecule has 0 saturated heterocycles. The average molecular weight is 459 g/mol. The van der Waals surface area contributed by atoms with Crippen LogP contribution < -0.4 is 15.1 Å². The van der Waals surface area contributed by atoms with Gasteiger partial charge in [0.2, 0.25) is 5.91 Å². The number of nitrogens with zero attached hydrogens (tertiary/aromatic N) is 3. The third-order valence-electron chi connectivity index (χ3n) is 5.07. The van der Waals surface area contributed by atoms with Crippen molar-refractivity contribution in [1.82, 2.24) is 10.4 Å². The van der Waals surface area contributed by atoms with Gasteiger partial charge >= 0.3 is 0 Å². The minimum absolute atomic E-state index is 0.170. The van der Waals surface area contributed by atoms with Crippen molar-refractivity contribution < 1.29 is 9.53 Å². The van der Waals surface area contributed by atoms with E-state index < -0.39 is 0 Å². The Balaban J connectivity index is 1.50. The molecule has 0 atom stereocenters. The van der Waals surface area contributed by atoms with Crippen LogP contribution in [0.25, 0.3) is 21.8 Å². The highest BCUT2D eigenvalue weighted by molar-refractivity contribution is 8.00. The van der Waals surface area contributed by atoms with Crippen molar-refractivity contribution in [3.05, 3.63) is 72.3 Å². The predicted octanol–water partition coefficient (Wildman–Crippen LogP) is 5.10. The minimum Gasteiger partial charge on any atom is -0.494 e. The van der Waals surface area contributed by atoms with E-state index in [0.717, 1.165) is 43.7 Å². The second-order valence-electron chi connectivity index (χ2n) is 7.64. The molecule has 4 aromatic rings. The molecule has 168 valence electrons. The summed E-state index contributed by atoms with van der Waals surface area (Å²) in [7, 11) is 3.99. The number of ether oxygens (including phenoxy) is 1. The van der Waals surface area contributed by atoms with Gasteiger partial charge in [-0.15, -0.1) is 11.8 Å². The zero-order chi connectivity index (χ0) is 23.2. The summed E-state index contributed by atoms with van der Waals surface area (Å²) in [6.45, 7) is 2.55. The molecule has 0 aliphatic heterocycles. The quantitative estimate of drug-likeness (QED) is 0.172. The summed E-state index contributed by atoms with van der Waals surface area (Å²) in [5.41, 5.74) is 6.43. The first-order valence-corrected chi connectivity index (χ1v) is 11.7. The molecular formula is C26H26N4O2S. The molecule has 0 radical (unpaired) electrons. The lowest BCUT2D eigenvalue weighted by Gasteiger charge is -2.12. The maximum absolute atomic E-state index is 12.5. The number of hydrogen-bond acceptors (Lipinski definition) is 6. The monoisotopic (exact) mass is 458 g/mol. The molecular weight excluding hydrogens is 432 g/mol.